The fourth-order valence-corrected chi connectivity index (χ4v) is 1.91. The van der Waals surface area contributed by atoms with Crippen molar-refractivity contribution in [2.75, 3.05) is 7.05 Å². The molecule has 1 aliphatic heterocycles. The van der Waals surface area contributed by atoms with Gasteiger partial charge in [0.25, 0.3) is 0 Å². The van der Waals surface area contributed by atoms with Gasteiger partial charge in [-0.25, -0.2) is 0 Å². The van der Waals surface area contributed by atoms with Gasteiger partial charge in [-0.2, -0.15) is 0 Å². The number of aromatic nitrogens is 1. The maximum Gasteiger partial charge on any atom is 0.154 e. The van der Waals surface area contributed by atoms with E-state index in [1.807, 2.05) is 24.1 Å². The van der Waals surface area contributed by atoms with E-state index in [2.05, 4.69) is 46.3 Å². The lowest BCUT2D eigenvalue weighted by Crippen LogP contribution is -2.26. The van der Waals surface area contributed by atoms with Crippen LogP contribution in [0.25, 0.3) is 0 Å². The highest BCUT2D eigenvalue weighted by Crippen LogP contribution is 2.30. The lowest BCUT2D eigenvalue weighted by Gasteiger charge is -2.20. The standard InChI is InChI=1S/C12H14BrN3/c1-8-12(2,3)15-11(16(8)4)10-6-5-9(13)7-14-10/h5-7H,1H2,2-4H3. The smallest absolute Gasteiger partial charge is 0.154 e. The van der Waals surface area contributed by atoms with Crippen LogP contribution < -0.4 is 0 Å². The molecule has 4 heteroatoms. The van der Waals surface area contributed by atoms with Gasteiger partial charge in [-0.1, -0.05) is 6.58 Å². The van der Waals surface area contributed by atoms with Crippen LogP contribution in [0.15, 0.2) is 40.1 Å². The molecule has 0 spiro atoms. The molecule has 0 aliphatic carbocycles. The van der Waals surface area contributed by atoms with Gasteiger partial charge >= 0.3 is 0 Å². The van der Waals surface area contributed by atoms with Crippen LogP contribution in [0.4, 0.5) is 0 Å². The Kier molecular flexibility index (Phi) is 2.62. The monoisotopic (exact) mass is 279 g/mol. The zero-order valence-electron chi connectivity index (χ0n) is 9.66. The van der Waals surface area contributed by atoms with Crippen LogP contribution in [0.3, 0.4) is 0 Å². The van der Waals surface area contributed by atoms with Crippen LogP contribution in [0.1, 0.15) is 19.5 Å². The summed E-state index contributed by atoms with van der Waals surface area (Å²) >= 11 is 3.37. The minimum atomic E-state index is -0.237. The Morgan fingerprint density at radius 1 is 1.38 bits per heavy atom. The molecule has 1 aromatic heterocycles. The maximum atomic E-state index is 4.65. The van der Waals surface area contributed by atoms with E-state index in [4.69, 9.17) is 0 Å². The summed E-state index contributed by atoms with van der Waals surface area (Å²) in [6.07, 6.45) is 1.78. The number of aliphatic imine (C=N–C) groups is 1. The first-order chi connectivity index (χ1) is 7.42. The molecule has 0 atom stereocenters. The predicted octanol–water partition coefficient (Wildman–Crippen LogP) is 2.83. The molecule has 1 aromatic rings. The number of hydrogen-bond donors (Lipinski definition) is 0. The van der Waals surface area contributed by atoms with E-state index in [1.165, 1.54) is 0 Å². The fourth-order valence-electron chi connectivity index (χ4n) is 1.68. The summed E-state index contributed by atoms with van der Waals surface area (Å²) < 4.78 is 0.968. The summed E-state index contributed by atoms with van der Waals surface area (Å²) in [4.78, 5) is 11.0. The molecule has 0 unspecified atom stereocenters. The number of halogens is 1. The number of hydrogen-bond acceptors (Lipinski definition) is 3. The van der Waals surface area contributed by atoms with Crippen molar-refractivity contribution in [3.05, 3.63) is 40.8 Å². The molecule has 0 radical (unpaired) electrons. The topological polar surface area (TPSA) is 28.5 Å². The van der Waals surface area contributed by atoms with Gasteiger partial charge in [0, 0.05) is 23.4 Å². The quantitative estimate of drug-likeness (QED) is 0.791. The molecule has 2 rings (SSSR count). The van der Waals surface area contributed by atoms with E-state index >= 15 is 0 Å². The van der Waals surface area contributed by atoms with E-state index in [1.54, 1.807) is 6.20 Å². The SMILES string of the molecule is C=C1N(C)C(c2ccc(Br)cn2)=NC1(C)C. The predicted molar refractivity (Wildman–Crippen MR) is 69.5 cm³/mol. The first kappa shape index (κ1) is 11.3. The zero-order valence-corrected chi connectivity index (χ0v) is 11.2. The van der Waals surface area contributed by atoms with E-state index in [0.717, 1.165) is 21.7 Å². The third kappa shape index (κ3) is 1.78. The fraction of sp³-hybridized carbons (Fsp3) is 0.333. The largest absolute Gasteiger partial charge is 0.330 e. The number of rotatable bonds is 1. The van der Waals surface area contributed by atoms with Crippen LogP contribution in [-0.2, 0) is 0 Å². The minimum absolute atomic E-state index is 0.237. The lowest BCUT2D eigenvalue weighted by molar-refractivity contribution is 0.529. The molecule has 1 aliphatic rings. The molecular formula is C12H14BrN3. The number of pyridine rings is 1. The highest BCUT2D eigenvalue weighted by molar-refractivity contribution is 9.10. The Morgan fingerprint density at radius 3 is 2.50 bits per heavy atom. The van der Waals surface area contributed by atoms with Crippen molar-refractivity contribution in [3.8, 4) is 0 Å². The molecule has 2 heterocycles. The number of amidine groups is 1. The van der Waals surface area contributed by atoms with Crippen molar-refractivity contribution >= 4 is 21.8 Å². The average molecular weight is 280 g/mol. The highest BCUT2D eigenvalue weighted by Gasteiger charge is 2.34. The van der Waals surface area contributed by atoms with Crippen LogP contribution >= 0.6 is 15.9 Å². The van der Waals surface area contributed by atoms with Crippen molar-refractivity contribution < 1.29 is 0 Å². The van der Waals surface area contributed by atoms with Crippen molar-refractivity contribution in [3.63, 3.8) is 0 Å². The second kappa shape index (κ2) is 3.70. The molecule has 16 heavy (non-hydrogen) atoms. The Morgan fingerprint density at radius 2 is 2.06 bits per heavy atom. The zero-order chi connectivity index (χ0) is 11.9. The third-order valence-electron chi connectivity index (χ3n) is 2.77. The molecule has 0 fully saturated rings. The third-order valence-corrected chi connectivity index (χ3v) is 3.24. The average Bonchev–Trinajstić information content (AvgIpc) is 2.44. The first-order valence-corrected chi connectivity index (χ1v) is 5.86. The van der Waals surface area contributed by atoms with Crippen molar-refractivity contribution in [1.29, 1.82) is 0 Å². The summed E-state index contributed by atoms with van der Waals surface area (Å²) in [5.74, 6) is 0.877. The Hall–Kier alpha value is -1.16. The molecule has 0 N–H and O–H groups in total. The van der Waals surface area contributed by atoms with Crippen molar-refractivity contribution in [1.82, 2.24) is 9.88 Å². The van der Waals surface area contributed by atoms with E-state index < -0.39 is 0 Å². The lowest BCUT2D eigenvalue weighted by atomic mass is 10.0. The van der Waals surface area contributed by atoms with Gasteiger partial charge in [0.2, 0.25) is 0 Å². The minimum Gasteiger partial charge on any atom is -0.330 e. The van der Waals surface area contributed by atoms with Crippen LogP contribution in [0, 0.1) is 0 Å². The Bertz CT molecular complexity index is 460. The highest BCUT2D eigenvalue weighted by atomic mass is 79.9. The molecule has 0 aromatic carbocycles. The molecule has 0 saturated heterocycles. The summed E-state index contributed by atoms with van der Waals surface area (Å²) in [7, 11) is 1.97. The first-order valence-electron chi connectivity index (χ1n) is 5.07. The van der Waals surface area contributed by atoms with E-state index in [-0.39, 0.29) is 5.54 Å². The van der Waals surface area contributed by atoms with Gasteiger partial charge in [-0.3, -0.25) is 9.98 Å². The summed E-state index contributed by atoms with van der Waals surface area (Å²) in [6, 6.07) is 3.92. The maximum absolute atomic E-state index is 4.65. The molecule has 0 amide bonds. The molecule has 84 valence electrons. The summed E-state index contributed by atoms with van der Waals surface area (Å²) in [6.45, 7) is 8.16. The van der Waals surface area contributed by atoms with Gasteiger partial charge in [0.1, 0.15) is 5.69 Å². The Balaban J connectivity index is 2.43. The molecule has 0 saturated carbocycles. The van der Waals surface area contributed by atoms with Gasteiger partial charge in [0.15, 0.2) is 5.84 Å². The van der Waals surface area contributed by atoms with Crippen molar-refractivity contribution in [2.24, 2.45) is 4.99 Å². The van der Waals surface area contributed by atoms with Gasteiger partial charge in [-0.05, 0) is 41.9 Å². The normalized spacial score (nSPS) is 18.9. The number of likely N-dealkylation sites (N-methyl/N-ethyl adjacent to an activating group) is 1. The van der Waals surface area contributed by atoms with Crippen LogP contribution in [0.2, 0.25) is 0 Å². The molecular weight excluding hydrogens is 266 g/mol. The van der Waals surface area contributed by atoms with Crippen LogP contribution in [-0.4, -0.2) is 28.3 Å². The van der Waals surface area contributed by atoms with Gasteiger partial charge < -0.3 is 4.90 Å². The number of nitrogens with zero attached hydrogens (tertiary/aromatic N) is 3. The van der Waals surface area contributed by atoms with E-state index in [0.29, 0.717) is 0 Å². The Labute approximate surface area is 104 Å². The van der Waals surface area contributed by atoms with Crippen LogP contribution in [0.5, 0.6) is 0 Å². The second-order valence-electron chi connectivity index (χ2n) is 4.36. The summed E-state index contributed by atoms with van der Waals surface area (Å²) in [5, 5.41) is 0. The van der Waals surface area contributed by atoms with Crippen molar-refractivity contribution in [2.45, 2.75) is 19.4 Å². The second-order valence-corrected chi connectivity index (χ2v) is 5.28. The van der Waals surface area contributed by atoms with Gasteiger partial charge in [-0.15, -0.1) is 0 Å². The summed E-state index contributed by atoms with van der Waals surface area (Å²) in [5.41, 5.74) is 1.63. The molecule has 0 bridgehead atoms. The molecule has 3 nitrogen and oxygen atoms in total. The van der Waals surface area contributed by atoms with Gasteiger partial charge in [0.05, 0.1) is 5.54 Å². The van der Waals surface area contributed by atoms with E-state index in [9.17, 15) is 0 Å².